The molecule has 0 atom stereocenters. The van der Waals surface area contributed by atoms with E-state index in [1.165, 1.54) is 0 Å². The van der Waals surface area contributed by atoms with Crippen LogP contribution >= 0.6 is 0 Å². The second-order valence-corrected chi connectivity index (χ2v) is 2.26. The molecular weight excluding hydrogens is 233 g/mol. The minimum Gasteiger partial charge on any atom is -0.465 e. The number of rotatable bonds is 4. The van der Waals surface area contributed by atoms with Crippen molar-refractivity contribution in [3.63, 3.8) is 0 Å². The zero-order valence-electron chi connectivity index (χ0n) is 7.05. The zero-order chi connectivity index (χ0) is 12.3. The Hall–Kier alpha value is -1.21. The van der Waals surface area contributed by atoms with Crippen molar-refractivity contribution < 1.29 is 35.5 Å². The first-order valence-corrected chi connectivity index (χ1v) is 3.38. The first-order chi connectivity index (χ1) is 6.64. The Morgan fingerprint density at radius 3 is 1.93 bits per heavy atom. The third-order valence-electron chi connectivity index (χ3n) is 1.13. The van der Waals surface area contributed by atoms with Crippen molar-refractivity contribution in [2.24, 2.45) is 0 Å². The number of hydrogen-bond donors (Lipinski definition) is 0. The molecule has 0 aliphatic carbocycles. The maximum atomic E-state index is 12.3. The molecule has 1 nitrogen and oxygen atoms in total. The van der Waals surface area contributed by atoms with E-state index in [0.717, 1.165) is 6.08 Å². The molecule has 0 fully saturated rings. The molecule has 0 aromatic carbocycles. The highest BCUT2D eigenvalue weighted by molar-refractivity contribution is 5.08. The summed E-state index contributed by atoms with van der Waals surface area (Å²) in [7, 11) is 0. The van der Waals surface area contributed by atoms with E-state index >= 15 is 0 Å². The smallest absolute Gasteiger partial charge is 0.460 e. The summed E-state index contributed by atoms with van der Waals surface area (Å²) in [5.41, 5.74) is 0. The Balaban J connectivity index is 4.95. The van der Waals surface area contributed by atoms with Crippen molar-refractivity contribution in [1.82, 2.24) is 0 Å². The van der Waals surface area contributed by atoms with Gasteiger partial charge in [0.15, 0.2) is 0 Å². The molecule has 0 N–H and O–H groups in total. The third kappa shape index (κ3) is 3.14. The SMILES string of the molecule is C=CCOC(F)=C(F)C(F)(F)C(F)(F)F. The van der Waals surface area contributed by atoms with Crippen molar-refractivity contribution in [3.05, 3.63) is 24.5 Å². The second-order valence-electron chi connectivity index (χ2n) is 2.26. The van der Waals surface area contributed by atoms with Gasteiger partial charge in [-0.15, -0.1) is 0 Å². The predicted octanol–water partition coefficient (Wildman–Crippen LogP) is 3.49. The molecule has 8 heteroatoms. The average molecular weight is 238 g/mol. The summed E-state index contributed by atoms with van der Waals surface area (Å²) in [4.78, 5) is 0. The van der Waals surface area contributed by atoms with Gasteiger partial charge in [0.1, 0.15) is 6.61 Å². The summed E-state index contributed by atoms with van der Waals surface area (Å²) in [6.45, 7) is 2.23. The molecular formula is C7H5F7O. The minimum absolute atomic E-state index is 0.729. The summed E-state index contributed by atoms with van der Waals surface area (Å²) in [6, 6.07) is -2.61. The van der Waals surface area contributed by atoms with Crippen LogP contribution in [0.3, 0.4) is 0 Å². The highest BCUT2D eigenvalue weighted by Crippen LogP contribution is 2.43. The van der Waals surface area contributed by atoms with Gasteiger partial charge in [-0.3, -0.25) is 0 Å². The van der Waals surface area contributed by atoms with Gasteiger partial charge in [-0.2, -0.15) is 30.7 Å². The summed E-state index contributed by atoms with van der Waals surface area (Å²) in [5, 5.41) is 0. The minimum atomic E-state index is -6.22. The first kappa shape index (κ1) is 13.8. The number of ether oxygens (including phenoxy) is 1. The fraction of sp³-hybridized carbons (Fsp3) is 0.429. The van der Waals surface area contributed by atoms with E-state index in [0.29, 0.717) is 0 Å². The molecule has 0 heterocycles. The Morgan fingerprint density at radius 2 is 1.60 bits per heavy atom. The number of allylic oxidation sites excluding steroid dienone is 1. The molecule has 0 radical (unpaired) electrons. The quantitative estimate of drug-likeness (QED) is 0.413. The van der Waals surface area contributed by atoms with Gasteiger partial charge < -0.3 is 4.74 Å². The Labute approximate surface area is 79.8 Å². The molecule has 0 aromatic heterocycles. The van der Waals surface area contributed by atoms with E-state index in [2.05, 4.69) is 11.3 Å². The molecule has 15 heavy (non-hydrogen) atoms. The van der Waals surface area contributed by atoms with Gasteiger partial charge in [-0.25, -0.2) is 0 Å². The van der Waals surface area contributed by atoms with Gasteiger partial charge in [-0.05, 0) is 0 Å². The Kier molecular flexibility index (Phi) is 4.17. The maximum Gasteiger partial charge on any atom is 0.460 e. The van der Waals surface area contributed by atoms with Crippen LogP contribution in [0.25, 0.3) is 0 Å². The molecule has 0 saturated heterocycles. The van der Waals surface area contributed by atoms with E-state index in [-0.39, 0.29) is 0 Å². The molecule has 0 aliphatic heterocycles. The standard InChI is InChI=1S/C7H5F7O/c1-2-3-15-5(9)4(8)6(10,11)7(12,13)14/h2H,1,3H2. The van der Waals surface area contributed by atoms with Crippen molar-refractivity contribution >= 4 is 0 Å². The summed E-state index contributed by atoms with van der Waals surface area (Å²) >= 11 is 0. The van der Waals surface area contributed by atoms with Gasteiger partial charge in [-0.1, -0.05) is 12.7 Å². The molecule has 0 aromatic rings. The summed E-state index contributed by atoms with van der Waals surface area (Å²) in [5.74, 6) is -9.21. The second kappa shape index (κ2) is 4.54. The van der Waals surface area contributed by atoms with Crippen LogP contribution in [0.1, 0.15) is 0 Å². The van der Waals surface area contributed by atoms with Crippen molar-refractivity contribution in [2.45, 2.75) is 12.1 Å². The van der Waals surface area contributed by atoms with E-state index in [1.807, 2.05) is 0 Å². The van der Waals surface area contributed by atoms with Crippen molar-refractivity contribution in [2.75, 3.05) is 6.61 Å². The molecule has 0 saturated carbocycles. The van der Waals surface area contributed by atoms with Gasteiger partial charge in [0.25, 0.3) is 5.83 Å². The number of alkyl halides is 5. The molecule has 0 aliphatic rings. The van der Waals surface area contributed by atoms with E-state index in [1.54, 1.807) is 0 Å². The van der Waals surface area contributed by atoms with Gasteiger partial charge in [0.05, 0.1) is 0 Å². The first-order valence-electron chi connectivity index (χ1n) is 3.38. The monoisotopic (exact) mass is 238 g/mol. The zero-order valence-corrected chi connectivity index (χ0v) is 7.05. The van der Waals surface area contributed by atoms with Crippen LogP contribution in [0.2, 0.25) is 0 Å². The van der Waals surface area contributed by atoms with E-state index in [9.17, 15) is 30.7 Å². The maximum absolute atomic E-state index is 12.3. The molecule has 0 amide bonds. The van der Waals surface area contributed by atoms with Crippen LogP contribution in [0, 0.1) is 0 Å². The van der Waals surface area contributed by atoms with Gasteiger partial charge in [0, 0.05) is 0 Å². The lowest BCUT2D eigenvalue weighted by Crippen LogP contribution is -2.37. The van der Waals surface area contributed by atoms with E-state index < -0.39 is 30.5 Å². The topological polar surface area (TPSA) is 9.23 Å². The van der Waals surface area contributed by atoms with E-state index in [4.69, 9.17) is 0 Å². The molecule has 0 bridgehead atoms. The molecule has 0 unspecified atom stereocenters. The third-order valence-corrected chi connectivity index (χ3v) is 1.13. The lowest BCUT2D eigenvalue weighted by atomic mass is 10.3. The summed E-state index contributed by atoms with van der Waals surface area (Å²) < 4.78 is 86.8. The van der Waals surface area contributed by atoms with Crippen LogP contribution in [-0.4, -0.2) is 18.7 Å². The molecule has 88 valence electrons. The normalized spacial score (nSPS) is 14.6. The van der Waals surface area contributed by atoms with Crippen molar-refractivity contribution in [3.8, 4) is 0 Å². The molecule has 0 rings (SSSR count). The van der Waals surface area contributed by atoms with Crippen LogP contribution in [0.4, 0.5) is 30.7 Å². The Bertz CT molecular complexity index is 265. The van der Waals surface area contributed by atoms with Crippen molar-refractivity contribution in [1.29, 1.82) is 0 Å². The molecule has 0 spiro atoms. The van der Waals surface area contributed by atoms with Gasteiger partial charge in [0.2, 0.25) is 0 Å². The van der Waals surface area contributed by atoms with Gasteiger partial charge >= 0.3 is 18.1 Å². The lowest BCUT2D eigenvalue weighted by molar-refractivity contribution is -0.272. The fourth-order valence-corrected chi connectivity index (χ4v) is 0.443. The largest absolute Gasteiger partial charge is 0.465 e. The van der Waals surface area contributed by atoms with Crippen LogP contribution in [0.15, 0.2) is 24.5 Å². The lowest BCUT2D eigenvalue weighted by Gasteiger charge is -2.17. The highest BCUT2D eigenvalue weighted by atomic mass is 19.4. The van der Waals surface area contributed by atoms with Crippen LogP contribution in [-0.2, 0) is 4.74 Å². The number of halogens is 7. The van der Waals surface area contributed by atoms with Crippen LogP contribution in [0.5, 0.6) is 0 Å². The number of hydrogen-bond acceptors (Lipinski definition) is 1. The fourth-order valence-electron chi connectivity index (χ4n) is 0.443. The Morgan fingerprint density at radius 1 is 1.13 bits per heavy atom. The summed E-state index contributed by atoms with van der Waals surface area (Å²) in [6.07, 6.45) is -5.37. The average Bonchev–Trinajstić information content (AvgIpc) is 2.10. The highest BCUT2D eigenvalue weighted by Gasteiger charge is 2.63. The van der Waals surface area contributed by atoms with Crippen LogP contribution < -0.4 is 0 Å². The predicted molar refractivity (Wildman–Crippen MR) is 36.4 cm³/mol.